The molecule has 0 radical (unpaired) electrons. The van der Waals surface area contributed by atoms with Gasteiger partial charge < -0.3 is 5.32 Å². The number of hydrogen-bond donors (Lipinski definition) is 1. The van der Waals surface area contributed by atoms with Crippen molar-refractivity contribution in [3.8, 4) is 11.3 Å². The van der Waals surface area contributed by atoms with E-state index in [-0.39, 0.29) is 5.91 Å². The third kappa shape index (κ3) is 3.54. The Kier molecular flexibility index (Phi) is 4.21. The summed E-state index contributed by atoms with van der Waals surface area (Å²) in [5, 5.41) is 7.33. The van der Waals surface area contributed by atoms with Crippen molar-refractivity contribution in [1.82, 2.24) is 19.6 Å². The molecule has 0 unspecified atom stereocenters. The SMILES string of the molecule is CC(=O)Nc1ccc(Sc2nn3cc(-c4cccnc4)nc3s2)cc1. The molecular formula is C17H13N5OS2. The number of imidazole rings is 1. The molecule has 4 aromatic rings. The summed E-state index contributed by atoms with van der Waals surface area (Å²) < 4.78 is 2.70. The maximum atomic E-state index is 11.1. The van der Waals surface area contributed by atoms with Crippen LogP contribution in [0.2, 0.25) is 0 Å². The lowest BCUT2D eigenvalue weighted by atomic mass is 10.2. The minimum absolute atomic E-state index is 0.0778. The molecule has 0 aliphatic heterocycles. The molecule has 3 aromatic heterocycles. The van der Waals surface area contributed by atoms with Crippen molar-refractivity contribution in [3.05, 3.63) is 55.0 Å². The van der Waals surface area contributed by atoms with Crippen LogP contribution in [-0.2, 0) is 4.79 Å². The number of nitrogens with one attached hydrogen (secondary N) is 1. The van der Waals surface area contributed by atoms with Gasteiger partial charge in [0.1, 0.15) is 0 Å². The normalized spacial score (nSPS) is 10.9. The van der Waals surface area contributed by atoms with Gasteiger partial charge in [-0.1, -0.05) is 23.1 Å². The summed E-state index contributed by atoms with van der Waals surface area (Å²) in [6.45, 7) is 1.49. The Morgan fingerprint density at radius 1 is 1.24 bits per heavy atom. The number of benzene rings is 1. The first-order valence-corrected chi connectivity index (χ1v) is 9.13. The first-order chi connectivity index (χ1) is 12.2. The van der Waals surface area contributed by atoms with Crippen molar-refractivity contribution in [2.75, 3.05) is 5.32 Å². The van der Waals surface area contributed by atoms with Crippen LogP contribution in [0.3, 0.4) is 0 Å². The predicted octanol–water partition coefficient (Wildman–Crippen LogP) is 3.96. The van der Waals surface area contributed by atoms with Crippen molar-refractivity contribution in [1.29, 1.82) is 0 Å². The first kappa shape index (κ1) is 15.8. The number of nitrogens with zero attached hydrogens (tertiary/aromatic N) is 4. The molecule has 1 amide bonds. The van der Waals surface area contributed by atoms with Gasteiger partial charge in [-0.15, -0.1) is 5.10 Å². The van der Waals surface area contributed by atoms with Crippen molar-refractivity contribution >= 4 is 39.7 Å². The van der Waals surface area contributed by atoms with Crippen LogP contribution in [-0.4, -0.2) is 25.5 Å². The number of amides is 1. The summed E-state index contributed by atoms with van der Waals surface area (Å²) in [4.78, 5) is 21.7. The van der Waals surface area contributed by atoms with E-state index in [0.717, 1.165) is 31.1 Å². The first-order valence-electron chi connectivity index (χ1n) is 7.49. The molecular weight excluding hydrogens is 354 g/mol. The fraction of sp³-hybridized carbons (Fsp3) is 0.0588. The number of pyridine rings is 1. The number of aromatic nitrogens is 4. The van der Waals surface area contributed by atoms with Gasteiger partial charge in [0.15, 0.2) is 4.34 Å². The van der Waals surface area contributed by atoms with Gasteiger partial charge in [0.05, 0.1) is 11.9 Å². The van der Waals surface area contributed by atoms with Crippen LogP contribution >= 0.6 is 23.1 Å². The Balaban J connectivity index is 1.52. The molecule has 6 nitrogen and oxygen atoms in total. The minimum atomic E-state index is -0.0778. The van der Waals surface area contributed by atoms with Gasteiger partial charge >= 0.3 is 0 Å². The smallest absolute Gasteiger partial charge is 0.221 e. The third-order valence-electron chi connectivity index (χ3n) is 3.36. The monoisotopic (exact) mass is 367 g/mol. The molecule has 3 heterocycles. The van der Waals surface area contributed by atoms with Gasteiger partial charge in [-0.05, 0) is 36.4 Å². The van der Waals surface area contributed by atoms with E-state index >= 15 is 0 Å². The molecule has 0 aliphatic rings. The molecule has 1 N–H and O–H groups in total. The van der Waals surface area contributed by atoms with Crippen LogP contribution in [0.4, 0.5) is 5.69 Å². The van der Waals surface area contributed by atoms with E-state index in [2.05, 4.69) is 20.4 Å². The molecule has 4 rings (SSSR count). The molecule has 25 heavy (non-hydrogen) atoms. The fourth-order valence-electron chi connectivity index (χ4n) is 2.29. The molecule has 0 saturated heterocycles. The Labute approximate surface area is 151 Å². The summed E-state index contributed by atoms with van der Waals surface area (Å²) in [7, 11) is 0. The Morgan fingerprint density at radius 3 is 2.76 bits per heavy atom. The van der Waals surface area contributed by atoms with Gasteiger partial charge in [0.25, 0.3) is 0 Å². The molecule has 0 saturated carbocycles. The molecule has 0 fully saturated rings. The summed E-state index contributed by atoms with van der Waals surface area (Å²) in [6, 6.07) is 11.5. The molecule has 8 heteroatoms. The summed E-state index contributed by atoms with van der Waals surface area (Å²) in [6.07, 6.45) is 5.44. The van der Waals surface area contributed by atoms with Crippen LogP contribution < -0.4 is 5.32 Å². The number of fused-ring (bicyclic) bond motifs is 1. The van der Waals surface area contributed by atoms with Gasteiger partial charge in [-0.2, -0.15) is 0 Å². The molecule has 124 valence electrons. The van der Waals surface area contributed by atoms with E-state index in [1.54, 1.807) is 28.7 Å². The average molecular weight is 367 g/mol. The zero-order chi connectivity index (χ0) is 17.2. The second kappa shape index (κ2) is 6.66. The molecule has 0 bridgehead atoms. The molecule has 1 aromatic carbocycles. The second-order valence-electron chi connectivity index (χ2n) is 5.27. The Bertz CT molecular complexity index is 993. The number of carbonyl (C=O) groups excluding carboxylic acids is 1. The van der Waals surface area contributed by atoms with E-state index in [9.17, 15) is 4.79 Å². The standard InChI is InChI=1S/C17H13N5OS2/c1-11(23)19-13-4-6-14(7-5-13)24-17-21-22-10-15(20-16(22)25-17)12-3-2-8-18-9-12/h2-10H,1H3,(H,19,23). The van der Waals surface area contributed by atoms with Crippen molar-refractivity contribution in [3.63, 3.8) is 0 Å². The van der Waals surface area contributed by atoms with Gasteiger partial charge in [-0.25, -0.2) is 9.50 Å². The lowest BCUT2D eigenvalue weighted by Gasteiger charge is -2.02. The Morgan fingerprint density at radius 2 is 2.08 bits per heavy atom. The highest BCUT2D eigenvalue weighted by Gasteiger charge is 2.11. The third-order valence-corrected chi connectivity index (χ3v) is 5.34. The van der Waals surface area contributed by atoms with Crippen LogP contribution in [0, 0.1) is 0 Å². The topological polar surface area (TPSA) is 72.2 Å². The lowest BCUT2D eigenvalue weighted by Crippen LogP contribution is -2.05. The second-order valence-corrected chi connectivity index (χ2v) is 7.55. The fourth-order valence-corrected chi connectivity index (χ4v) is 4.18. The summed E-state index contributed by atoms with van der Waals surface area (Å²) in [5.41, 5.74) is 2.62. The van der Waals surface area contributed by atoms with E-state index in [0.29, 0.717) is 0 Å². The molecule has 0 aliphatic carbocycles. The minimum Gasteiger partial charge on any atom is -0.326 e. The zero-order valence-corrected chi connectivity index (χ0v) is 14.8. The van der Waals surface area contributed by atoms with E-state index < -0.39 is 0 Å². The van der Waals surface area contributed by atoms with E-state index in [1.165, 1.54) is 18.3 Å². The van der Waals surface area contributed by atoms with Crippen molar-refractivity contribution in [2.45, 2.75) is 16.2 Å². The maximum Gasteiger partial charge on any atom is 0.221 e. The van der Waals surface area contributed by atoms with Gasteiger partial charge in [0.2, 0.25) is 10.9 Å². The van der Waals surface area contributed by atoms with Gasteiger partial charge in [-0.3, -0.25) is 9.78 Å². The highest BCUT2D eigenvalue weighted by atomic mass is 32.2. The number of rotatable bonds is 4. The quantitative estimate of drug-likeness (QED) is 0.591. The van der Waals surface area contributed by atoms with Crippen LogP contribution in [0.5, 0.6) is 0 Å². The van der Waals surface area contributed by atoms with Crippen LogP contribution in [0.15, 0.2) is 64.2 Å². The number of anilines is 1. The molecule has 0 atom stereocenters. The summed E-state index contributed by atoms with van der Waals surface area (Å²) >= 11 is 3.10. The average Bonchev–Trinajstić information content (AvgIpc) is 3.15. The van der Waals surface area contributed by atoms with E-state index in [4.69, 9.17) is 0 Å². The maximum absolute atomic E-state index is 11.1. The largest absolute Gasteiger partial charge is 0.326 e. The van der Waals surface area contributed by atoms with Gasteiger partial charge in [0, 0.05) is 35.5 Å². The van der Waals surface area contributed by atoms with Crippen LogP contribution in [0.25, 0.3) is 16.2 Å². The van der Waals surface area contributed by atoms with Crippen molar-refractivity contribution < 1.29 is 4.79 Å². The predicted molar refractivity (Wildman–Crippen MR) is 99.0 cm³/mol. The van der Waals surface area contributed by atoms with Crippen molar-refractivity contribution in [2.24, 2.45) is 0 Å². The van der Waals surface area contributed by atoms with E-state index in [1.807, 2.05) is 42.6 Å². The van der Waals surface area contributed by atoms with Crippen LogP contribution in [0.1, 0.15) is 6.92 Å². The number of hydrogen-bond acceptors (Lipinski definition) is 6. The molecule has 0 spiro atoms. The highest BCUT2D eigenvalue weighted by molar-refractivity contribution is 8.01. The lowest BCUT2D eigenvalue weighted by molar-refractivity contribution is -0.114. The zero-order valence-electron chi connectivity index (χ0n) is 13.2. The summed E-state index contributed by atoms with van der Waals surface area (Å²) in [5.74, 6) is -0.0778. The highest BCUT2D eigenvalue weighted by Crippen LogP contribution is 2.32. The number of carbonyl (C=O) groups is 1. The Hall–Kier alpha value is -2.71.